The lowest BCUT2D eigenvalue weighted by Crippen LogP contribution is -2.39. The third-order valence-electron chi connectivity index (χ3n) is 2.97. The molecular weight excluding hydrogens is 218 g/mol. The summed E-state index contributed by atoms with van der Waals surface area (Å²) in [6.45, 7) is 1.27. The molecule has 0 amide bonds. The van der Waals surface area contributed by atoms with Crippen LogP contribution in [-0.4, -0.2) is 29.1 Å². The Kier molecular flexibility index (Phi) is 3.24. The van der Waals surface area contributed by atoms with Crippen molar-refractivity contribution < 1.29 is 9.90 Å². The van der Waals surface area contributed by atoms with Crippen LogP contribution in [0, 0.1) is 17.2 Å². The molecule has 0 spiro atoms. The predicted molar refractivity (Wildman–Crippen MR) is 61.5 cm³/mol. The molecule has 17 heavy (non-hydrogen) atoms. The first-order valence-electron chi connectivity index (χ1n) is 5.54. The monoisotopic (exact) mass is 231 g/mol. The lowest BCUT2D eigenvalue weighted by molar-refractivity contribution is -0.141. The van der Waals surface area contributed by atoms with Gasteiger partial charge in [0.05, 0.1) is 17.6 Å². The fourth-order valence-corrected chi connectivity index (χ4v) is 2.05. The van der Waals surface area contributed by atoms with E-state index in [0.29, 0.717) is 24.3 Å². The van der Waals surface area contributed by atoms with Crippen molar-refractivity contribution >= 4 is 11.8 Å². The normalized spacial score (nSPS) is 19.7. The van der Waals surface area contributed by atoms with Crippen molar-refractivity contribution in [3.8, 4) is 6.07 Å². The third kappa shape index (κ3) is 2.53. The second kappa shape index (κ2) is 4.83. The van der Waals surface area contributed by atoms with Gasteiger partial charge in [0.1, 0.15) is 5.82 Å². The van der Waals surface area contributed by atoms with Crippen molar-refractivity contribution in [3.63, 3.8) is 0 Å². The Balaban J connectivity index is 2.16. The molecule has 1 fully saturated rings. The zero-order chi connectivity index (χ0) is 12.3. The molecule has 1 unspecified atom stereocenters. The number of hydrogen-bond donors (Lipinski definition) is 1. The van der Waals surface area contributed by atoms with E-state index in [-0.39, 0.29) is 5.92 Å². The van der Waals surface area contributed by atoms with E-state index in [9.17, 15) is 4.79 Å². The lowest BCUT2D eigenvalue weighted by Gasteiger charge is -2.31. The van der Waals surface area contributed by atoms with E-state index in [4.69, 9.17) is 10.4 Å². The summed E-state index contributed by atoms with van der Waals surface area (Å²) in [7, 11) is 0. The Labute approximate surface area is 99.3 Å². The van der Waals surface area contributed by atoms with Gasteiger partial charge in [-0.25, -0.2) is 4.98 Å². The van der Waals surface area contributed by atoms with Gasteiger partial charge in [-0.2, -0.15) is 5.26 Å². The molecule has 88 valence electrons. The first-order valence-corrected chi connectivity index (χ1v) is 5.54. The molecule has 2 heterocycles. The number of rotatable bonds is 2. The molecular formula is C12H13N3O2. The number of pyridine rings is 1. The maximum absolute atomic E-state index is 11.0. The molecule has 0 radical (unpaired) electrons. The molecule has 1 saturated heterocycles. The molecule has 1 atom stereocenters. The number of hydrogen-bond acceptors (Lipinski definition) is 4. The zero-order valence-corrected chi connectivity index (χ0v) is 9.33. The highest BCUT2D eigenvalue weighted by atomic mass is 16.4. The number of anilines is 1. The number of nitriles is 1. The van der Waals surface area contributed by atoms with Gasteiger partial charge in [-0.05, 0) is 25.0 Å². The maximum Gasteiger partial charge on any atom is 0.308 e. The molecule has 2 rings (SSSR count). The van der Waals surface area contributed by atoms with Crippen molar-refractivity contribution in [3.05, 3.63) is 23.9 Å². The number of nitrogens with zero attached hydrogens (tertiary/aromatic N) is 3. The topological polar surface area (TPSA) is 77.2 Å². The van der Waals surface area contributed by atoms with Crippen molar-refractivity contribution in [2.24, 2.45) is 5.92 Å². The van der Waals surface area contributed by atoms with E-state index in [1.165, 1.54) is 0 Å². The van der Waals surface area contributed by atoms with Gasteiger partial charge in [-0.15, -0.1) is 0 Å². The molecule has 1 N–H and O–H groups in total. The van der Waals surface area contributed by atoms with Crippen molar-refractivity contribution in [2.45, 2.75) is 12.8 Å². The van der Waals surface area contributed by atoms with E-state index in [1.54, 1.807) is 18.3 Å². The number of piperidine rings is 1. The SMILES string of the molecule is N#Cc1ccnc(N2CCCC(C(=O)O)C2)c1. The zero-order valence-electron chi connectivity index (χ0n) is 9.33. The lowest BCUT2D eigenvalue weighted by atomic mass is 9.98. The standard InChI is InChI=1S/C12H13N3O2/c13-7-9-3-4-14-11(6-9)15-5-1-2-10(8-15)12(16)17/h3-4,6,10H,1-2,5,8H2,(H,16,17). The minimum Gasteiger partial charge on any atom is -0.481 e. The van der Waals surface area contributed by atoms with Crippen molar-refractivity contribution in [1.29, 1.82) is 5.26 Å². The first kappa shape index (κ1) is 11.4. The van der Waals surface area contributed by atoms with Gasteiger partial charge in [-0.1, -0.05) is 0 Å². The molecule has 1 aromatic rings. The Morgan fingerprint density at radius 2 is 2.47 bits per heavy atom. The molecule has 0 aromatic carbocycles. The van der Waals surface area contributed by atoms with E-state index in [0.717, 1.165) is 13.0 Å². The molecule has 1 aliphatic rings. The van der Waals surface area contributed by atoms with Crippen LogP contribution in [0.5, 0.6) is 0 Å². The number of aliphatic carboxylic acids is 1. The van der Waals surface area contributed by atoms with Crippen LogP contribution in [0.3, 0.4) is 0 Å². The summed E-state index contributed by atoms with van der Waals surface area (Å²) >= 11 is 0. The summed E-state index contributed by atoms with van der Waals surface area (Å²) in [5, 5.41) is 17.8. The number of aromatic nitrogens is 1. The van der Waals surface area contributed by atoms with Crippen molar-refractivity contribution in [1.82, 2.24) is 4.98 Å². The van der Waals surface area contributed by atoms with Crippen molar-refractivity contribution in [2.75, 3.05) is 18.0 Å². The second-order valence-corrected chi connectivity index (χ2v) is 4.14. The number of carboxylic acid groups (broad SMARTS) is 1. The molecule has 1 aromatic heterocycles. The van der Waals surface area contributed by atoms with E-state index in [1.807, 2.05) is 4.90 Å². The number of carboxylic acids is 1. The van der Waals surface area contributed by atoms with Crippen LogP contribution in [0.25, 0.3) is 0 Å². The minimum atomic E-state index is -0.758. The summed E-state index contributed by atoms with van der Waals surface area (Å²) in [5.74, 6) is -0.405. The van der Waals surface area contributed by atoms with Gasteiger partial charge >= 0.3 is 5.97 Å². The molecule has 0 bridgehead atoms. The van der Waals surface area contributed by atoms with Crippen LogP contribution >= 0.6 is 0 Å². The van der Waals surface area contributed by atoms with Gasteiger partial charge in [-0.3, -0.25) is 4.79 Å². The maximum atomic E-state index is 11.0. The Hall–Kier alpha value is -2.09. The van der Waals surface area contributed by atoms with Crippen LogP contribution in [0.15, 0.2) is 18.3 Å². The molecule has 0 saturated carbocycles. The van der Waals surface area contributed by atoms with Crippen LogP contribution in [0.2, 0.25) is 0 Å². The van der Waals surface area contributed by atoms with E-state index >= 15 is 0 Å². The quantitative estimate of drug-likeness (QED) is 0.829. The summed E-state index contributed by atoms with van der Waals surface area (Å²) < 4.78 is 0. The van der Waals surface area contributed by atoms with Gasteiger partial charge < -0.3 is 10.0 Å². The summed E-state index contributed by atoms with van der Waals surface area (Å²) in [6, 6.07) is 5.40. The minimum absolute atomic E-state index is 0.337. The largest absolute Gasteiger partial charge is 0.481 e. The van der Waals surface area contributed by atoms with Crippen LogP contribution in [-0.2, 0) is 4.79 Å². The van der Waals surface area contributed by atoms with E-state index < -0.39 is 5.97 Å². The number of carbonyl (C=O) groups is 1. The summed E-state index contributed by atoms with van der Waals surface area (Å²) in [6.07, 6.45) is 3.14. The van der Waals surface area contributed by atoms with Crippen LogP contribution < -0.4 is 4.90 Å². The fraction of sp³-hybridized carbons (Fsp3) is 0.417. The van der Waals surface area contributed by atoms with Gasteiger partial charge in [0, 0.05) is 19.3 Å². The highest BCUT2D eigenvalue weighted by Crippen LogP contribution is 2.22. The van der Waals surface area contributed by atoms with Gasteiger partial charge in [0.2, 0.25) is 0 Å². The van der Waals surface area contributed by atoms with Gasteiger partial charge in [0.25, 0.3) is 0 Å². The molecule has 1 aliphatic heterocycles. The second-order valence-electron chi connectivity index (χ2n) is 4.14. The average molecular weight is 231 g/mol. The highest BCUT2D eigenvalue weighted by Gasteiger charge is 2.26. The molecule has 5 heteroatoms. The Morgan fingerprint density at radius 3 is 3.18 bits per heavy atom. The smallest absolute Gasteiger partial charge is 0.308 e. The first-order chi connectivity index (χ1) is 8.20. The summed E-state index contributed by atoms with van der Waals surface area (Å²) in [5.41, 5.74) is 0.549. The van der Waals surface area contributed by atoms with Crippen LogP contribution in [0.4, 0.5) is 5.82 Å². The summed E-state index contributed by atoms with van der Waals surface area (Å²) in [4.78, 5) is 17.1. The predicted octanol–water partition coefficient (Wildman–Crippen LogP) is 1.25. The van der Waals surface area contributed by atoms with Gasteiger partial charge in [0.15, 0.2) is 0 Å². The average Bonchev–Trinajstić information content (AvgIpc) is 2.39. The Bertz CT molecular complexity index is 467. The highest BCUT2D eigenvalue weighted by molar-refractivity contribution is 5.71. The van der Waals surface area contributed by atoms with Crippen LogP contribution in [0.1, 0.15) is 18.4 Å². The molecule has 5 nitrogen and oxygen atoms in total. The fourth-order valence-electron chi connectivity index (χ4n) is 2.05. The van der Waals surface area contributed by atoms with E-state index in [2.05, 4.69) is 11.1 Å². The Morgan fingerprint density at radius 1 is 1.65 bits per heavy atom. The third-order valence-corrected chi connectivity index (χ3v) is 2.97. The molecule has 0 aliphatic carbocycles.